The fourth-order valence-electron chi connectivity index (χ4n) is 1.79. The maximum atomic E-state index is 9.72. The van der Waals surface area contributed by atoms with Crippen LogP contribution in [-0.4, -0.2) is 23.8 Å². The van der Waals surface area contributed by atoms with Crippen LogP contribution in [0.2, 0.25) is 0 Å². The van der Waals surface area contributed by atoms with E-state index in [1.54, 1.807) is 0 Å². The smallest absolute Gasteiger partial charge is 0.0811 e. The fraction of sp³-hybridized carbons (Fsp3) is 1.00. The maximum absolute atomic E-state index is 9.72. The summed E-state index contributed by atoms with van der Waals surface area (Å²) in [7, 11) is 0. The van der Waals surface area contributed by atoms with Crippen LogP contribution in [-0.2, 0) is 0 Å². The fourth-order valence-corrected chi connectivity index (χ4v) is 1.79. The zero-order chi connectivity index (χ0) is 8.54. The lowest BCUT2D eigenvalue weighted by Crippen LogP contribution is -2.35. The summed E-state index contributed by atoms with van der Waals surface area (Å²) in [5.74, 6) is 0. The Kier molecular flexibility index (Phi) is 2.26. The predicted octanol–water partition coefficient (Wildman–Crippen LogP) is 1.15. The van der Waals surface area contributed by atoms with E-state index in [1.165, 1.54) is 12.8 Å². The van der Waals surface area contributed by atoms with Gasteiger partial charge in [0.15, 0.2) is 0 Å². The van der Waals surface area contributed by atoms with Gasteiger partial charge in [-0.25, -0.2) is 0 Å². The monoisotopic (exact) mass is 157 g/mol. The third-order valence-electron chi connectivity index (χ3n) is 2.93. The van der Waals surface area contributed by atoms with Gasteiger partial charge in [-0.3, -0.25) is 0 Å². The largest absolute Gasteiger partial charge is 0.388 e. The van der Waals surface area contributed by atoms with Gasteiger partial charge < -0.3 is 10.4 Å². The molecule has 1 saturated carbocycles. The van der Waals surface area contributed by atoms with Crippen LogP contribution in [0, 0.1) is 5.41 Å². The summed E-state index contributed by atoms with van der Waals surface area (Å²) in [5, 5.41) is 12.9. The van der Waals surface area contributed by atoms with Crippen LogP contribution in [0.15, 0.2) is 0 Å². The van der Waals surface area contributed by atoms with Crippen molar-refractivity contribution in [3.63, 3.8) is 0 Å². The van der Waals surface area contributed by atoms with E-state index in [-0.39, 0.29) is 5.41 Å². The first-order valence-corrected chi connectivity index (χ1v) is 4.59. The maximum Gasteiger partial charge on any atom is 0.0811 e. The molecule has 2 nitrogen and oxygen atoms in total. The molecule has 2 fully saturated rings. The van der Waals surface area contributed by atoms with Crippen LogP contribution in [0.4, 0.5) is 0 Å². The van der Waals surface area contributed by atoms with Crippen molar-refractivity contribution in [2.24, 2.45) is 5.41 Å². The van der Waals surface area contributed by atoms with Crippen molar-refractivity contribution in [2.75, 3.05) is 13.1 Å². The van der Waals surface area contributed by atoms with Gasteiger partial charge in [0.25, 0.3) is 0 Å². The Balaban J connectivity index is 0.000000281. The summed E-state index contributed by atoms with van der Waals surface area (Å²) in [6, 6.07) is 0. The summed E-state index contributed by atoms with van der Waals surface area (Å²) in [5.41, 5.74) is -0.125. The molecule has 1 unspecified atom stereocenters. The van der Waals surface area contributed by atoms with E-state index < -0.39 is 5.60 Å². The highest BCUT2D eigenvalue weighted by molar-refractivity contribution is 5.12. The Bertz CT molecular complexity index is 134. The van der Waals surface area contributed by atoms with E-state index in [1.807, 2.05) is 20.8 Å². The molecule has 1 spiro atoms. The number of nitrogens with one attached hydrogen (secondary N) is 1. The third kappa shape index (κ3) is 1.30. The number of aliphatic hydroxyl groups is 1. The Morgan fingerprint density at radius 2 is 1.73 bits per heavy atom. The standard InChI is InChI=1S/C7H13NO.C2H6/c1-6(9)4-8-5-7(6)2-3-7;1-2/h8-9H,2-5H2,1H3;1-2H3. The summed E-state index contributed by atoms with van der Waals surface area (Å²) in [6.07, 6.45) is 2.43. The Morgan fingerprint density at radius 3 is 1.91 bits per heavy atom. The summed E-state index contributed by atoms with van der Waals surface area (Å²) in [4.78, 5) is 0. The summed E-state index contributed by atoms with van der Waals surface area (Å²) < 4.78 is 0. The molecule has 0 aromatic rings. The predicted molar refractivity (Wildman–Crippen MR) is 46.5 cm³/mol. The zero-order valence-electron chi connectivity index (χ0n) is 7.78. The van der Waals surface area contributed by atoms with Crippen LogP contribution in [0.1, 0.15) is 33.6 Å². The number of rotatable bonds is 0. The molecule has 2 N–H and O–H groups in total. The highest BCUT2D eigenvalue weighted by Crippen LogP contribution is 2.55. The molecule has 11 heavy (non-hydrogen) atoms. The average Bonchev–Trinajstić information content (AvgIpc) is 2.67. The molecule has 0 aromatic heterocycles. The van der Waals surface area contributed by atoms with Gasteiger partial charge in [-0.2, -0.15) is 0 Å². The van der Waals surface area contributed by atoms with Crippen molar-refractivity contribution in [1.29, 1.82) is 0 Å². The van der Waals surface area contributed by atoms with Gasteiger partial charge in [0, 0.05) is 18.5 Å². The van der Waals surface area contributed by atoms with E-state index in [4.69, 9.17) is 0 Å². The molecule has 2 aliphatic rings. The van der Waals surface area contributed by atoms with Crippen LogP contribution in [0.5, 0.6) is 0 Å². The molecular formula is C9H19NO. The van der Waals surface area contributed by atoms with Gasteiger partial charge in [-0.05, 0) is 19.8 Å². The lowest BCUT2D eigenvalue weighted by atomic mass is 9.90. The molecule has 0 bridgehead atoms. The molecule has 66 valence electrons. The van der Waals surface area contributed by atoms with E-state index >= 15 is 0 Å². The lowest BCUT2D eigenvalue weighted by molar-refractivity contribution is 0.0237. The second kappa shape index (κ2) is 2.76. The minimum Gasteiger partial charge on any atom is -0.388 e. The molecule has 0 amide bonds. The van der Waals surface area contributed by atoms with Crippen LogP contribution < -0.4 is 5.32 Å². The number of hydrogen-bond acceptors (Lipinski definition) is 2. The molecule has 1 saturated heterocycles. The molecule has 0 radical (unpaired) electrons. The van der Waals surface area contributed by atoms with E-state index in [0.717, 1.165) is 13.1 Å². The van der Waals surface area contributed by atoms with Crippen molar-refractivity contribution >= 4 is 0 Å². The van der Waals surface area contributed by atoms with Crippen molar-refractivity contribution in [3.05, 3.63) is 0 Å². The second-order valence-electron chi connectivity index (χ2n) is 3.66. The first kappa shape index (κ1) is 9.01. The number of β-amino-alcohol motifs (C(OH)–C–C–N with tert-alkyl or cyclic N) is 1. The van der Waals surface area contributed by atoms with Gasteiger partial charge in [0.05, 0.1) is 5.60 Å². The van der Waals surface area contributed by atoms with E-state index in [2.05, 4.69) is 5.32 Å². The molecule has 0 aromatic carbocycles. The molecule has 1 aliphatic carbocycles. The molecule has 1 atom stereocenters. The van der Waals surface area contributed by atoms with Gasteiger partial charge in [-0.1, -0.05) is 13.8 Å². The van der Waals surface area contributed by atoms with Gasteiger partial charge in [0.1, 0.15) is 0 Å². The third-order valence-corrected chi connectivity index (χ3v) is 2.93. The van der Waals surface area contributed by atoms with Gasteiger partial charge >= 0.3 is 0 Å². The highest BCUT2D eigenvalue weighted by atomic mass is 16.3. The Morgan fingerprint density at radius 1 is 1.18 bits per heavy atom. The van der Waals surface area contributed by atoms with Crippen LogP contribution in [0.3, 0.4) is 0 Å². The lowest BCUT2D eigenvalue weighted by Gasteiger charge is -2.23. The second-order valence-corrected chi connectivity index (χ2v) is 3.66. The Hall–Kier alpha value is -0.0800. The molecule has 1 heterocycles. The first-order chi connectivity index (χ1) is 5.16. The van der Waals surface area contributed by atoms with Crippen molar-refractivity contribution < 1.29 is 5.11 Å². The van der Waals surface area contributed by atoms with Crippen molar-refractivity contribution in [2.45, 2.75) is 39.2 Å². The minimum absolute atomic E-state index is 0.285. The Labute approximate surface area is 69.0 Å². The van der Waals surface area contributed by atoms with Gasteiger partial charge in [0.2, 0.25) is 0 Å². The quantitative estimate of drug-likeness (QED) is 0.553. The normalized spacial score (nSPS) is 38.2. The zero-order valence-corrected chi connectivity index (χ0v) is 7.78. The summed E-state index contributed by atoms with van der Waals surface area (Å²) in [6.45, 7) is 7.76. The van der Waals surface area contributed by atoms with Gasteiger partial charge in [-0.15, -0.1) is 0 Å². The first-order valence-electron chi connectivity index (χ1n) is 4.59. The van der Waals surface area contributed by atoms with Crippen LogP contribution in [0.25, 0.3) is 0 Å². The molecular weight excluding hydrogens is 138 g/mol. The molecule has 2 heteroatoms. The summed E-state index contributed by atoms with van der Waals surface area (Å²) >= 11 is 0. The molecule has 1 aliphatic heterocycles. The van der Waals surface area contributed by atoms with Crippen molar-refractivity contribution in [3.8, 4) is 0 Å². The van der Waals surface area contributed by atoms with Crippen LogP contribution >= 0.6 is 0 Å². The topological polar surface area (TPSA) is 32.3 Å². The van der Waals surface area contributed by atoms with E-state index in [9.17, 15) is 5.11 Å². The number of hydrogen-bond donors (Lipinski definition) is 2. The highest BCUT2D eigenvalue weighted by Gasteiger charge is 2.58. The SMILES string of the molecule is CC.CC1(O)CNCC12CC2. The van der Waals surface area contributed by atoms with Crippen molar-refractivity contribution in [1.82, 2.24) is 5.32 Å². The molecule has 2 rings (SSSR count). The van der Waals surface area contributed by atoms with E-state index in [0.29, 0.717) is 0 Å². The minimum atomic E-state index is -0.410. The average molecular weight is 157 g/mol.